The number of aromatic nitrogens is 1. The van der Waals surface area contributed by atoms with Gasteiger partial charge < -0.3 is 9.52 Å². The van der Waals surface area contributed by atoms with Crippen molar-refractivity contribution in [1.82, 2.24) is 4.98 Å². The molecule has 0 saturated carbocycles. The molecule has 0 bridgehead atoms. The summed E-state index contributed by atoms with van der Waals surface area (Å²) in [6.07, 6.45) is 3.16. The summed E-state index contributed by atoms with van der Waals surface area (Å²) >= 11 is 1.52. The first-order chi connectivity index (χ1) is 5.33. The zero-order valence-electron chi connectivity index (χ0n) is 6.36. The predicted octanol–water partition coefficient (Wildman–Crippen LogP) is 1.40. The molecule has 1 heterocycles. The highest BCUT2D eigenvalue weighted by atomic mass is 32.2. The molecule has 1 atom stereocenters. The number of hydrogen-bond donors (Lipinski definition) is 1. The summed E-state index contributed by atoms with van der Waals surface area (Å²) in [5, 5.41) is 9.37. The molecule has 0 aliphatic rings. The Morgan fingerprint density at radius 3 is 3.18 bits per heavy atom. The molecule has 1 aromatic heterocycles. The smallest absolute Gasteiger partial charge is 0.255 e. The second kappa shape index (κ2) is 4.41. The fourth-order valence-electron chi connectivity index (χ4n) is 0.548. The van der Waals surface area contributed by atoms with Crippen LogP contribution in [0.5, 0.6) is 0 Å². The number of hydrogen-bond acceptors (Lipinski definition) is 4. The molecule has 0 fully saturated rings. The molecule has 0 aromatic carbocycles. The fourth-order valence-corrected chi connectivity index (χ4v) is 1.34. The van der Waals surface area contributed by atoms with Gasteiger partial charge in [0.1, 0.15) is 6.26 Å². The maximum atomic E-state index is 8.70. The summed E-state index contributed by atoms with van der Waals surface area (Å²) < 4.78 is 5.00. The van der Waals surface area contributed by atoms with Crippen LogP contribution in [0.4, 0.5) is 0 Å². The van der Waals surface area contributed by atoms with Crippen molar-refractivity contribution in [1.29, 1.82) is 0 Å². The minimum absolute atomic E-state index is 0.216. The molecule has 0 aliphatic heterocycles. The monoisotopic (exact) mass is 173 g/mol. The second-order valence-electron chi connectivity index (χ2n) is 2.40. The van der Waals surface area contributed by atoms with Gasteiger partial charge in [-0.3, -0.25) is 0 Å². The third kappa shape index (κ3) is 2.95. The van der Waals surface area contributed by atoms with Crippen molar-refractivity contribution in [2.45, 2.75) is 12.1 Å². The Hall–Kier alpha value is -0.480. The van der Waals surface area contributed by atoms with E-state index in [1.54, 1.807) is 12.5 Å². The van der Waals surface area contributed by atoms with E-state index in [-0.39, 0.29) is 6.61 Å². The zero-order chi connectivity index (χ0) is 8.10. The number of nitrogens with zero attached hydrogens (tertiary/aromatic N) is 1. The van der Waals surface area contributed by atoms with Gasteiger partial charge >= 0.3 is 0 Å². The molecule has 1 N–H and O–H groups in total. The molecule has 1 unspecified atom stereocenters. The van der Waals surface area contributed by atoms with Crippen LogP contribution in [0.3, 0.4) is 0 Å². The van der Waals surface area contributed by atoms with E-state index in [1.165, 1.54) is 11.8 Å². The molecule has 1 rings (SSSR count). The van der Waals surface area contributed by atoms with Crippen LogP contribution in [0, 0.1) is 5.92 Å². The lowest BCUT2D eigenvalue weighted by atomic mass is 10.2. The van der Waals surface area contributed by atoms with Crippen LogP contribution < -0.4 is 0 Å². The SMILES string of the molecule is CC(CO)CSc1ncco1. The van der Waals surface area contributed by atoms with E-state index < -0.39 is 0 Å². The average molecular weight is 173 g/mol. The van der Waals surface area contributed by atoms with Crippen molar-refractivity contribution in [3.05, 3.63) is 12.5 Å². The van der Waals surface area contributed by atoms with Crippen LogP contribution in [0.15, 0.2) is 22.1 Å². The first kappa shape index (κ1) is 8.62. The Labute approximate surface area is 69.8 Å². The predicted molar refractivity (Wildman–Crippen MR) is 43.5 cm³/mol. The van der Waals surface area contributed by atoms with Crippen LogP contribution in [-0.2, 0) is 0 Å². The number of oxazole rings is 1. The largest absolute Gasteiger partial charge is 0.440 e. The van der Waals surface area contributed by atoms with Crippen molar-refractivity contribution in [3.63, 3.8) is 0 Å². The van der Waals surface area contributed by atoms with E-state index in [0.717, 1.165) is 5.75 Å². The molecular weight excluding hydrogens is 162 g/mol. The van der Waals surface area contributed by atoms with E-state index in [0.29, 0.717) is 11.1 Å². The van der Waals surface area contributed by atoms with Gasteiger partial charge in [-0.2, -0.15) is 0 Å². The van der Waals surface area contributed by atoms with Gasteiger partial charge in [-0.05, 0) is 5.92 Å². The van der Waals surface area contributed by atoms with Gasteiger partial charge in [0.15, 0.2) is 0 Å². The molecule has 4 heteroatoms. The molecule has 0 radical (unpaired) electrons. The minimum Gasteiger partial charge on any atom is -0.440 e. The summed E-state index contributed by atoms with van der Waals surface area (Å²) in [7, 11) is 0. The summed E-state index contributed by atoms with van der Waals surface area (Å²) in [5.41, 5.74) is 0. The third-order valence-electron chi connectivity index (χ3n) is 1.21. The molecule has 0 spiro atoms. The molecule has 11 heavy (non-hydrogen) atoms. The lowest BCUT2D eigenvalue weighted by molar-refractivity contribution is 0.250. The lowest BCUT2D eigenvalue weighted by Gasteiger charge is -2.02. The van der Waals surface area contributed by atoms with Crippen molar-refractivity contribution in [2.75, 3.05) is 12.4 Å². The maximum Gasteiger partial charge on any atom is 0.255 e. The van der Waals surface area contributed by atoms with Gasteiger partial charge in [0.2, 0.25) is 0 Å². The second-order valence-corrected chi connectivity index (χ2v) is 3.37. The summed E-state index contributed by atoms with van der Waals surface area (Å²) in [6, 6.07) is 0. The van der Waals surface area contributed by atoms with Crippen LogP contribution >= 0.6 is 11.8 Å². The topological polar surface area (TPSA) is 46.3 Å². The van der Waals surface area contributed by atoms with Crippen molar-refractivity contribution >= 4 is 11.8 Å². The Balaban J connectivity index is 2.23. The van der Waals surface area contributed by atoms with E-state index in [4.69, 9.17) is 9.52 Å². The van der Waals surface area contributed by atoms with E-state index >= 15 is 0 Å². The summed E-state index contributed by atoms with van der Waals surface area (Å²) in [5.74, 6) is 1.14. The molecular formula is C7H11NO2S. The molecule has 0 amide bonds. The van der Waals surface area contributed by atoms with Crippen LogP contribution in [0.25, 0.3) is 0 Å². The van der Waals surface area contributed by atoms with Crippen molar-refractivity contribution in [3.8, 4) is 0 Å². The number of rotatable bonds is 4. The van der Waals surface area contributed by atoms with E-state index in [9.17, 15) is 0 Å². The molecule has 3 nitrogen and oxygen atoms in total. The van der Waals surface area contributed by atoms with Gasteiger partial charge in [0, 0.05) is 12.4 Å². The highest BCUT2D eigenvalue weighted by Crippen LogP contribution is 2.17. The molecule has 0 aliphatic carbocycles. The quantitative estimate of drug-likeness (QED) is 0.699. The first-order valence-corrected chi connectivity index (χ1v) is 4.44. The average Bonchev–Trinajstić information content (AvgIpc) is 2.52. The first-order valence-electron chi connectivity index (χ1n) is 3.46. The van der Waals surface area contributed by atoms with Gasteiger partial charge in [0.25, 0.3) is 5.22 Å². The Kier molecular flexibility index (Phi) is 3.45. The standard InChI is InChI=1S/C7H11NO2S/c1-6(4-9)5-11-7-8-2-3-10-7/h2-3,6,9H,4-5H2,1H3. The van der Waals surface area contributed by atoms with Gasteiger partial charge in [-0.1, -0.05) is 18.7 Å². The number of aliphatic hydroxyl groups excluding tert-OH is 1. The number of aliphatic hydroxyl groups is 1. The number of thioether (sulfide) groups is 1. The molecule has 0 saturated heterocycles. The highest BCUT2D eigenvalue weighted by molar-refractivity contribution is 7.99. The summed E-state index contributed by atoms with van der Waals surface area (Å²) in [6.45, 7) is 2.20. The van der Waals surface area contributed by atoms with Crippen molar-refractivity contribution in [2.24, 2.45) is 5.92 Å². The van der Waals surface area contributed by atoms with Crippen LogP contribution in [0.1, 0.15) is 6.92 Å². The molecule has 1 aromatic rings. The third-order valence-corrected chi connectivity index (χ3v) is 2.40. The Bertz CT molecular complexity index is 188. The normalized spacial score (nSPS) is 13.3. The van der Waals surface area contributed by atoms with Crippen molar-refractivity contribution < 1.29 is 9.52 Å². The lowest BCUT2D eigenvalue weighted by Crippen LogP contribution is -2.02. The van der Waals surface area contributed by atoms with Gasteiger partial charge in [-0.15, -0.1) is 0 Å². The summed E-state index contributed by atoms with van der Waals surface area (Å²) in [4.78, 5) is 3.94. The van der Waals surface area contributed by atoms with Gasteiger partial charge in [0.05, 0.1) is 6.20 Å². The van der Waals surface area contributed by atoms with Crippen LogP contribution in [-0.4, -0.2) is 22.5 Å². The molecule has 62 valence electrons. The Morgan fingerprint density at radius 2 is 2.64 bits per heavy atom. The fraction of sp³-hybridized carbons (Fsp3) is 0.571. The van der Waals surface area contributed by atoms with Gasteiger partial charge in [-0.25, -0.2) is 4.98 Å². The van der Waals surface area contributed by atoms with Crippen LogP contribution in [0.2, 0.25) is 0 Å². The highest BCUT2D eigenvalue weighted by Gasteiger charge is 2.03. The van der Waals surface area contributed by atoms with E-state index in [2.05, 4.69) is 4.98 Å². The maximum absolute atomic E-state index is 8.70. The zero-order valence-corrected chi connectivity index (χ0v) is 7.17. The Morgan fingerprint density at radius 1 is 1.82 bits per heavy atom. The minimum atomic E-state index is 0.216. The van der Waals surface area contributed by atoms with E-state index in [1.807, 2.05) is 6.92 Å².